The van der Waals surface area contributed by atoms with Crippen LogP contribution in [0.2, 0.25) is 0 Å². The number of thiazole rings is 1. The van der Waals surface area contributed by atoms with Gasteiger partial charge in [0.05, 0.1) is 11.4 Å². The Hall–Kier alpha value is -2.99. The number of anilines is 1. The van der Waals surface area contributed by atoms with Crippen LogP contribution < -0.4 is 9.29 Å². The predicted molar refractivity (Wildman–Crippen MR) is 142 cm³/mol. The summed E-state index contributed by atoms with van der Waals surface area (Å²) in [6, 6.07) is 23.1. The normalized spacial score (nSPS) is 11.6. The van der Waals surface area contributed by atoms with Crippen LogP contribution in [-0.4, -0.2) is 30.0 Å². The van der Waals surface area contributed by atoms with Crippen molar-refractivity contribution in [3.05, 3.63) is 88.7 Å². The van der Waals surface area contributed by atoms with Gasteiger partial charge in [-0.1, -0.05) is 58.4 Å². The van der Waals surface area contributed by atoms with Gasteiger partial charge in [0.25, 0.3) is 0 Å². The van der Waals surface area contributed by atoms with E-state index in [1.165, 1.54) is 15.3 Å². The molecule has 0 bridgehead atoms. The van der Waals surface area contributed by atoms with Gasteiger partial charge in [0.15, 0.2) is 16.2 Å². The minimum Gasteiger partial charge on any atom is -0.301 e. The van der Waals surface area contributed by atoms with E-state index in [0.717, 1.165) is 27.5 Å². The Labute approximate surface area is 218 Å². The van der Waals surface area contributed by atoms with Crippen LogP contribution in [-0.2, 0) is 14.8 Å². The minimum absolute atomic E-state index is 0.00429. The quantitative estimate of drug-likeness (QED) is 0.199. The molecule has 5 rings (SSSR count). The van der Waals surface area contributed by atoms with E-state index in [9.17, 15) is 13.2 Å². The molecule has 0 fully saturated rings. The number of thioether (sulfide) groups is 1. The molecule has 2 heterocycles. The first kappa shape index (κ1) is 23.7. The molecule has 0 aliphatic carbocycles. The standard InChI is InChI=1S/C24H17BrN4O3S3/c25-17-12-10-16(11-13-17)20-14-33-23(26-20)28-22(30)15-34-24-27-19-8-4-5-9-21(19)29(24)35(31,32)18-6-2-1-3-7-18/h1-14H,15H2,(H,26,28,30)/p+1. The number of imidazole rings is 1. The number of hydrogen-bond donors (Lipinski definition) is 2. The number of fused-ring (bicyclic) bond motifs is 1. The summed E-state index contributed by atoms with van der Waals surface area (Å²) in [7, 11) is -3.87. The van der Waals surface area contributed by atoms with E-state index in [-0.39, 0.29) is 16.6 Å². The molecule has 0 saturated heterocycles. The number of rotatable bonds is 7. The molecule has 2 N–H and O–H groups in total. The van der Waals surface area contributed by atoms with Gasteiger partial charge in [-0.05, 0) is 48.2 Å². The number of carbonyl (C=O) groups excluding carboxylic acids is 1. The third-order valence-corrected chi connectivity index (χ3v) is 9.16. The highest BCUT2D eigenvalue weighted by Crippen LogP contribution is 2.27. The number of carbonyl (C=O) groups is 1. The van der Waals surface area contributed by atoms with E-state index >= 15 is 0 Å². The number of aromatic nitrogens is 3. The van der Waals surface area contributed by atoms with Gasteiger partial charge in [-0.2, -0.15) is 8.42 Å². The van der Waals surface area contributed by atoms with E-state index in [2.05, 4.69) is 31.2 Å². The summed E-state index contributed by atoms with van der Waals surface area (Å²) < 4.78 is 29.1. The van der Waals surface area contributed by atoms with E-state index < -0.39 is 10.0 Å². The van der Waals surface area contributed by atoms with Crippen molar-refractivity contribution in [3.8, 4) is 11.3 Å². The molecule has 11 heteroatoms. The van der Waals surface area contributed by atoms with Crippen LogP contribution in [0.15, 0.2) is 98.8 Å². The molecular formula is C24H18BrN4O3S3+. The molecule has 0 aliphatic heterocycles. The topological polar surface area (TPSA) is 95.8 Å². The Balaban J connectivity index is 1.36. The molecule has 7 nitrogen and oxygen atoms in total. The molecule has 1 amide bonds. The number of hydrogen-bond acceptors (Lipinski definition) is 6. The molecule has 0 unspecified atom stereocenters. The van der Waals surface area contributed by atoms with Gasteiger partial charge in [-0.3, -0.25) is 4.79 Å². The number of benzene rings is 3. The molecule has 3 aromatic carbocycles. The molecule has 176 valence electrons. The Morgan fingerprint density at radius 3 is 2.51 bits per heavy atom. The second kappa shape index (κ2) is 9.94. The maximum Gasteiger partial charge on any atom is 0.336 e. The second-order valence-corrected chi connectivity index (χ2v) is 11.9. The first-order valence-corrected chi connectivity index (χ1v) is 14.5. The molecule has 0 spiro atoms. The lowest BCUT2D eigenvalue weighted by atomic mass is 10.2. The lowest BCUT2D eigenvalue weighted by Gasteiger charge is -2.04. The zero-order chi connectivity index (χ0) is 24.4. The van der Waals surface area contributed by atoms with Crippen LogP contribution in [0.1, 0.15) is 0 Å². The molecular weight excluding hydrogens is 568 g/mol. The summed E-state index contributed by atoms with van der Waals surface area (Å²) >= 11 is 5.86. The van der Waals surface area contributed by atoms with Gasteiger partial charge in [0, 0.05) is 15.4 Å². The Morgan fingerprint density at radius 1 is 1.03 bits per heavy atom. The summed E-state index contributed by atoms with van der Waals surface area (Å²) in [6.07, 6.45) is 0. The minimum atomic E-state index is -3.87. The third-order valence-electron chi connectivity index (χ3n) is 5.06. The van der Waals surface area contributed by atoms with Crippen LogP contribution >= 0.6 is 39.0 Å². The molecule has 0 radical (unpaired) electrons. The molecule has 0 atom stereocenters. The van der Waals surface area contributed by atoms with Crippen LogP contribution in [0, 0.1) is 0 Å². The lowest BCUT2D eigenvalue weighted by Crippen LogP contribution is -2.44. The van der Waals surface area contributed by atoms with Crippen molar-refractivity contribution in [1.29, 1.82) is 0 Å². The van der Waals surface area contributed by atoms with Crippen molar-refractivity contribution < 1.29 is 17.2 Å². The second-order valence-electron chi connectivity index (χ2n) is 7.41. The summed E-state index contributed by atoms with van der Waals surface area (Å²) in [5.41, 5.74) is 2.89. The molecule has 35 heavy (non-hydrogen) atoms. The Bertz CT molecular complexity index is 1620. The Morgan fingerprint density at radius 2 is 1.74 bits per heavy atom. The predicted octanol–water partition coefficient (Wildman–Crippen LogP) is 5.31. The van der Waals surface area contributed by atoms with Gasteiger partial charge < -0.3 is 5.32 Å². The number of H-pyrrole nitrogens is 1. The summed E-state index contributed by atoms with van der Waals surface area (Å²) in [4.78, 5) is 20.5. The maximum atomic E-state index is 13.4. The van der Waals surface area contributed by atoms with Crippen molar-refractivity contribution in [2.75, 3.05) is 11.1 Å². The summed E-state index contributed by atoms with van der Waals surface area (Å²) in [6.45, 7) is 0. The van der Waals surface area contributed by atoms with E-state index in [0.29, 0.717) is 21.3 Å². The van der Waals surface area contributed by atoms with Gasteiger partial charge in [-0.25, -0.2) is 9.97 Å². The van der Waals surface area contributed by atoms with Crippen molar-refractivity contribution in [2.45, 2.75) is 10.1 Å². The largest absolute Gasteiger partial charge is 0.336 e. The van der Waals surface area contributed by atoms with Crippen molar-refractivity contribution in [3.63, 3.8) is 0 Å². The highest BCUT2D eigenvalue weighted by atomic mass is 79.9. The highest BCUT2D eigenvalue weighted by Gasteiger charge is 2.32. The first-order valence-electron chi connectivity index (χ1n) is 10.4. The van der Waals surface area contributed by atoms with Gasteiger partial charge in [0.2, 0.25) is 5.91 Å². The van der Waals surface area contributed by atoms with E-state index in [1.807, 2.05) is 35.7 Å². The zero-order valence-corrected chi connectivity index (χ0v) is 22.0. The smallest absolute Gasteiger partial charge is 0.301 e. The SMILES string of the molecule is O=C(CSc1[nH]c2ccccc2[n+]1S(=O)(=O)c1ccccc1)Nc1nc(-c2ccc(Br)cc2)cs1. The van der Waals surface area contributed by atoms with E-state index in [1.54, 1.807) is 48.5 Å². The zero-order valence-electron chi connectivity index (χ0n) is 18.0. The van der Waals surface area contributed by atoms with Gasteiger partial charge >= 0.3 is 15.2 Å². The van der Waals surface area contributed by atoms with Crippen LogP contribution in [0.3, 0.4) is 0 Å². The molecule has 5 aromatic rings. The number of para-hydroxylation sites is 2. The number of halogens is 1. The molecule has 0 aliphatic rings. The fourth-order valence-electron chi connectivity index (χ4n) is 3.44. The number of nitrogens with one attached hydrogen (secondary N) is 2. The molecule has 0 saturated carbocycles. The highest BCUT2D eigenvalue weighted by molar-refractivity contribution is 9.10. The fourth-order valence-corrected chi connectivity index (χ4v) is 7.02. The van der Waals surface area contributed by atoms with Crippen LogP contribution in [0.25, 0.3) is 22.3 Å². The number of aromatic amines is 1. The van der Waals surface area contributed by atoms with Crippen molar-refractivity contribution >= 4 is 71.1 Å². The number of amides is 1. The van der Waals surface area contributed by atoms with Gasteiger partial charge in [0.1, 0.15) is 4.90 Å². The average molecular weight is 587 g/mol. The van der Waals surface area contributed by atoms with Crippen molar-refractivity contribution in [1.82, 2.24) is 9.97 Å². The average Bonchev–Trinajstić information content (AvgIpc) is 3.48. The Kier molecular flexibility index (Phi) is 6.74. The third kappa shape index (κ3) is 5.03. The van der Waals surface area contributed by atoms with Gasteiger partial charge in [-0.15, -0.1) is 15.3 Å². The number of nitrogens with zero attached hydrogens (tertiary/aromatic N) is 2. The van der Waals surface area contributed by atoms with E-state index in [4.69, 9.17) is 0 Å². The fraction of sp³-hybridized carbons (Fsp3) is 0.0417. The van der Waals surface area contributed by atoms with Crippen LogP contribution in [0.5, 0.6) is 0 Å². The summed E-state index contributed by atoms with van der Waals surface area (Å²) in [5.74, 6) is -0.279. The molecule has 2 aromatic heterocycles. The van der Waals surface area contributed by atoms with Crippen molar-refractivity contribution in [2.24, 2.45) is 0 Å². The van der Waals surface area contributed by atoms with Crippen LogP contribution in [0.4, 0.5) is 5.13 Å². The summed E-state index contributed by atoms with van der Waals surface area (Å²) in [5, 5.41) is 5.51. The monoisotopic (exact) mass is 585 g/mol. The lowest BCUT2D eigenvalue weighted by molar-refractivity contribution is -0.526. The first-order chi connectivity index (χ1) is 16.9. The maximum absolute atomic E-state index is 13.4.